The fourth-order valence-electron chi connectivity index (χ4n) is 2.63. The maximum absolute atomic E-state index is 4.50. The molecule has 0 saturated carbocycles. The number of aryl methyl sites for hydroxylation is 2. The second-order valence-corrected chi connectivity index (χ2v) is 5.05. The molecule has 2 rings (SSSR count). The summed E-state index contributed by atoms with van der Waals surface area (Å²) in [6.07, 6.45) is 2.34. The third-order valence-electron chi connectivity index (χ3n) is 3.64. The molecule has 0 amide bonds. The maximum atomic E-state index is 4.50. The van der Waals surface area contributed by atoms with Crippen LogP contribution in [0.2, 0.25) is 0 Å². The van der Waals surface area contributed by atoms with Gasteiger partial charge in [-0.2, -0.15) is 5.10 Å². The van der Waals surface area contributed by atoms with Crippen LogP contribution in [-0.2, 0) is 20.0 Å². The smallest absolute Gasteiger partial charge is 0.0625 e. The quantitative estimate of drug-likeness (QED) is 0.829. The predicted octanol–water partition coefficient (Wildman–Crippen LogP) is 1.02. The van der Waals surface area contributed by atoms with E-state index in [1.54, 1.807) is 0 Å². The minimum atomic E-state index is 0.818. The molecule has 4 nitrogen and oxygen atoms in total. The molecule has 2 heterocycles. The second kappa shape index (κ2) is 5.65. The normalized spacial score (nSPS) is 21.2. The van der Waals surface area contributed by atoms with Crippen molar-refractivity contribution in [2.45, 2.75) is 26.3 Å². The number of hydrogen-bond donors (Lipinski definition) is 1. The lowest BCUT2D eigenvalue weighted by Crippen LogP contribution is -2.25. The zero-order valence-corrected chi connectivity index (χ0v) is 11.2. The van der Waals surface area contributed by atoms with Crippen molar-refractivity contribution in [3.05, 3.63) is 17.5 Å². The van der Waals surface area contributed by atoms with E-state index >= 15 is 0 Å². The van der Waals surface area contributed by atoms with Crippen LogP contribution in [0.3, 0.4) is 0 Å². The lowest BCUT2D eigenvalue weighted by molar-refractivity contribution is 0.306. The molecule has 4 heteroatoms. The first-order valence-electron chi connectivity index (χ1n) is 6.61. The van der Waals surface area contributed by atoms with E-state index in [-0.39, 0.29) is 0 Å². The van der Waals surface area contributed by atoms with Crippen LogP contribution in [0, 0.1) is 5.92 Å². The zero-order valence-electron chi connectivity index (χ0n) is 11.2. The van der Waals surface area contributed by atoms with Gasteiger partial charge >= 0.3 is 0 Å². The fourth-order valence-corrected chi connectivity index (χ4v) is 2.63. The van der Waals surface area contributed by atoms with Crippen LogP contribution in [0.5, 0.6) is 0 Å². The Kier molecular flexibility index (Phi) is 4.18. The zero-order chi connectivity index (χ0) is 12.3. The molecule has 1 aliphatic heterocycles. The topological polar surface area (TPSA) is 33.1 Å². The standard InChI is InChI=1S/C13H24N4/c1-4-12-7-13(16(3)15-12)10-17-6-5-11(9-17)8-14-2/h7,11,14H,4-6,8-10H2,1-3H3. The second-order valence-electron chi connectivity index (χ2n) is 5.05. The Morgan fingerprint density at radius 1 is 1.53 bits per heavy atom. The predicted molar refractivity (Wildman–Crippen MR) is 69.9 cm³/mol. The van der Waals surface area contributed by atoms with Crippen molar-refractivity contribution in [2.24, 2.45) is 13.0 Å². The summed E-state index contributed by atoms with van der Waals surface area (Å²) < 4.78 is 2.03. The van der Waals surface area contributed by atoms with Gasteiger partial charge in [0.2, 0.25) is 0 Å². The molecule has 0 aromatic carbocycles. The van der Waals surface area contributed by atoms with E-state index in [0.717, 1.165) is 25.4 Å². The Bertz CT molecular complexity index is 358. The van der Waals surface area contributed by atoms with Gasteiger partial charge < -0.3 is 5.32 Å². The molecule has 1 N–H and O–H groups in total. The highest BCUT2D eigenvalue weighted by Crippen LogP contribution is 2.18. The molecule has 96 valence electrons. The van der Waals surface area contributed by atoms with Crippen LogP contribution < -0.4 is 5.32 Å². The van der Waals surface area contributed by atoms with Gasteiger partial charge in [-0.15, -0.1) is 0 Å². The number of aromatic nitrogens is 2. The van der Waals surface area contributed by atoms with Gasteiger partial charge in [0.15, 0.2) is 0 Å². The molecule has 0 aliphatic carbocycles. The van der Waals surface area contributed by atoms with Crippen molar-refractivity contribution in [1.29, 1.82) is 0 Å². The molecule has 1 aliphatic rings. The molecule has 1 saturated heterocycles. The molecule has 0 bridgehead atoms. The minimum Gasteiger partial charge on any atom is -0.319 e. The summed E-state index contributed by atoms with van der Waals surface area (Å²) in [6, 6.07) is 2.24. The monoisotopic (exact) mass is 236 g/mol. The average Bonchev–Trinajstić information content (AvgIpc) is 2.88. The molecule has 1 aromatic rings. The van der Waals surface area contributed by atoms with E-state index in [1.165, 1.54) is 30.9 Å². The van der Waals surface area contributed by atoms with Gasteiger partial charge in [-0.05, 0) is 45.0 Å². The molecule has 17 heavy (non-hydrogen) atoms. The van der Waals surface area contributed by atoms with Crippen molar-refractivity contribution >= 4 is 0 Å². The van der Waals surface area contributed by atoms with Crippen molar-refractivity contribution < 1.29 is 0 Å². The van der Waals surface area contributed by atoms with Gasteiger partial charge in [0, 0.05) is 20.1 Å². The number of nitrogens with zero attached hydrogens (tertiary/aromatic N) is 3. The van der Waals surface area contributed by atoms with E-state index in [2.05, 4.69) is 35.4 Å². The van der Waals surface area contributed by atoms with E-state index in [0.29, 0.717) is 0 Å². The third kappa shape index (κ3) is 3.07. The van der Waals surface area contributed by atoms with E-state index in [1.807, 2.05) is 11.7 Å². The summed E-state index contributed by atoms with van der Waals surface area (Å²) in [5.74, 6) is 0.818. The Hall–Kier alpha value is -0.870. The van der Waals surface area contributed by atoms with E-state index in [4.69, 9.17) is 0 Å². The summed E-state index contributed by atoms with van der Waals surface area (Å²) in [7, 11) is 4.09. The highest BCUT2D eigenvalue weighted by Gasteiger charge is 2.22. The molecule has 0 radical (unpaired) electrons. The van der Waals surface area contributed by atoms with Crippen LogP contribution in [0.4, 0.5) is 0 Å². The van der Waals surface area contributed by atoms with Gasteiger partial charge in [0.25, 0.3) is 0 Å². The van der Waals surface area contributed by atoms with Gasteiger partial charge in [0.05, 0.1) is 11.4 Å². The Labute approximate surface area is 104 Å². The van der Waals surface area contributed by atoms with Crippen molar-refractivity contribution in [3.63, 3.8) is 0 Å². The largest absolute Gasteiger partial charge is 0.319 e. The maximum Gasteiger partial charge on any atom is 0.0625 e. The first kappa shape index (κ1) is 12.6. The summed E-state index contributed by atoms with van der Waals surface area (Å²) in [5, 5.41) is 7.78. The number of likely N-dealkylation sites (tertiary alicyclic amines) is 1. The van der Waals surface area contributed by atoms with Crippen LogP contribution in [0.25, 0.3) is 0 Å². The number of hydrogen-bond acceptors (Lipinski definition) is 3. The highest BCUT2D eigenvalue weighted by molar-refractivity contribution is 5.10. The fraction of sp³-hybridized carbons (Fsp3) is 0.769. The molecular formula is C13H24N4. The molecular weight excluding hydrogens is 212 g/mol. The summed E-state index contributed by atoms with van der Waals surface area (Å²) in [4.78, 5) is 2.54. The highest BCUT2D eigenvalue weighted by atomic mass is 15.3. The lowest BCUT2D eigenvalue weighted by atomic mass is 10.1. The van der Waals surface area contributed by atoms with Gasteiger partial charge in [-0.3, -0.25) is 9.58 Å². The Balaban J connectivity index is 1.90. The van der Waals surface area contributed by atoms with Crippen LogP contribution in [0.1, 0.15) is 24.7 Å². The Morgan fingerprint density at radius 2 is 2.35 bits per heavy atom. The molecule has 1 fully saturated rings. The molecule has 0 spiro atoms. The van der Waals surface area contributed by atoms with Crippen LogP contribution in [0.15, 0.2) is 6.07 Å². The first-order chi connectivity index (χ1) is 8.22. The van der Waals surface area contributed by atoms with Gasteiger partial charge in [0.1, 0.15) is 0 Å². The van der Waals surface area contributed by atoms with Crippen molar-refractivity contribution in [1.82, 2.24) is 20.0 Å². The van der Waals surface area contributed by atoms with E-state index in [9.17, 15) is 0 Å². The summed E-state index contributed by atoms with van der Waals surface area (Å²) >= 11 is 0. The van der Waals surface area contributed by atoms with Crippen LogP contribution in [-0.4, -0.2) is 41.4 Å². The first-order valence-corrected chi connectivity index (χ1v) is 6.61. The van der Waals surface area contributed by atoms with Gasteiger partial charge in [-0.25, -0.2) is 0 Å². The Morgan fingerprint density at radius 3 is 3.00 bits per heavy atom. The lowest BCUT2D eigenvalue weighted by Gasteiger charge is -2.15. The SMILES string of the molecule is CCc1cc(CN2CCC(CNC)C2)n(C)n1. The van der Waals surface area contributed by atoms with Crippen molar-refractivity contribution in [2.75, 3.05) is 26.7 Å². The van der Waals surface area contributed by atoms with Crippen LogP contribution >= 0.6 is 0 Å². The summed E-state index contributed by atoms with van der Waals surface area (Å²) in [5.41, 5.74) is 2.54. The van der Waals surface area contributed by atoms with Crippen molar-refractivity contribution in [3.8, 4) is 0 Å². The number of nitrogens with one attached hydrogen (secondary N) is 1. The minimum absolute atomic E-state index is 0.818. The molecule has 1 aromatic heterocycles. The summed E-state index contributed by atoms with van der Waals surface area (Å²) in [6.45, 7) is 6.78. The molecule has 1 atom stereocenters. The molecule has 1 unspecified atom stereocenters. The van der Waals surface area contributed by atoms with Gasteiger partial charge in [-0.1, -0.05) is 6.92 Å². The third-order valence-corrected chi connectivity index (χ3v) is 3.64. The number of rotatable bonds is 5. The van der Waals surface area contributed by atoms with E-state index < -0.39 is 0 Å². The average molecular weight is 236 g/mol.